The second-order valence-corrected chi connectivity index (χ2v) is 5.62. The van der Waals surface area contributed by atoms with Gasteiger partial charge in [-0.3, -0.25) is 0 Å². The summed E-state index contributed by atoms with van der Waals surface area (Å²) < 4.78 is 1.16. The number of hydrogen-bond acceptors (Lipinski definition) is 2. The van der Waals surface area contributed by atoms with E-state index in [1.165, 1.54) is 10.5 Å². The Balaban J connectivity index is 2.93. The van der Waals surface area contributed by atoms with Gasteiger partial charge in [-0.25, -0.2) is 0 Å². The lowest BCUT2D eigenvalue weighted by Gasteiger charge is -2.16. The van der Waals surface area contributed by atoms with Crippen LogP contribution in [0.1, 0.15) is 32.4 Å². The van der Waals surface area contributed by atoms with Gasteiger partial charge in [0.25, 0.3) is 0 Å². The van der Waals surface area contributed by atoms with Crippen LogP contribution in [0.25, 0.3) is 0 Å². The summed E-state index contributed by atoms with van der Waals surface area (Å²) in [7, 11) is 0. The van der Waals surface area contributed by atoms with Gasteiger partial charge < -0.3 is 5.32 Å². The van der Waals surface area contributed by atoms with E-state index < -0.39 is 0 Å². The van der Waals surface area contributed by atoms with Crippen molar-refractivity contribution in [2.75, 3.05) is 12.3 Å². The van der Waals surface area contributed by atoms with Gasteiger partial charge in [0.05, 0.1) is 0 Å². The summed E-state index contributed by atoms with van der Waals surface area (Å²) in [5, 5.41) is 3.45. The van der Waals surface area contributed by atoms with Crippen LogP contribution in [0.4, 0.5) is 0 Å². The van der Waals surface area contributed by atoms with Crippen LogP contribution in [0.15, 0.2) is 27.6 Å². The highest BCUT2D eigenvalue weighted by Gasteiger charge is 2.09. The molecule has 1 unspecified atom stereocenters. The molecule has 0 aliphatic carbocycles. The first-order valence-corrected chi connectivity index (χ1v) is 7.12. The van der Waals surface area contributed by atoms with Crippen LogP contribution in [0.2, 0.25) is 0 Å². The van der Waals surface area contributed by atoms with E-state index in [4.69, 9.17) is 0 Å². The summed E-state index contributed by atoms with van der Waals surface area (Å²) >= 11 is 5.42. The number of rotatable bonds is 5. The molecule has 0 fully saturated rings. The first-order valence-electron chi connectivity index (χ1n) is 5.34. The SMILES string of the molecule is CCNC(C)c1ccc(Br)cc1SCC. The average Bonchev–Trinajstić information content (AvgIpc) is 2.18. The lowest BCUT2D eigenvalue weighted by Crippen LogP contribution is -2.18. The Labute approximate surface area is 105 Å². The molecule has 0 aliphatic rings. The summed E-state index contributed by atoms with van der Waals surface area (Å²) in [4.78, 5) is 1.38. The molecule has 0 spiro atoms. The molecule has 0 aliphatic heterocycles. The maximum Gasteiger partial charge on any atom is 0.0302 e. The summed E-state index contributed by atoms with van der Waals surface area (Å²) in [6, 6.07) is 6.95. The normalized spacial score (nSPS) is 12.8. The molecule has 0 aromatic heterocycles. The first kappa shape index (κ1) is 13.1. The number of nitrogens with one attached hydrogen (secondary N) is 1. The van der Waals surface area contributed by atoms with Gasteiger partial charge in [-0.05, 0) is 36.9 Å². The molecule has 84 valence electrons. The predicted octanol–water partition coefficient (Wildman–Crippen LogP) is 4.23. The van der Waals surface area contributed by atoms with Crippen molar-refractivity contribution in [3.05, 3.63) is 28.2 Å². The van der Waals surface area contributed by atoms with Crippen LogP contribution >= 0.6 is 27.7 Å². The molecule has 0 saturated carbocycles. The van der Waals surface area contributed by atoms with E-state index in [0.29, 0.717) is 6.04 Å². The Hall–Kier alpha value is 0.01000. The highest BCUT2D eigenvalue weighted by Crippen LogP contribution is 2.30. The molecule has 1 atom stereocenters. The Morgan fingerprint density at radius 3 is 2.73 bits per heavy atom. The van der Waals surface area contributed by atoms with Gasteiger partial charge in [-0.1, -0.05) is 35.8 Å². The molecule has 1 nitrogen and oxygen atoms in total. The molecule has 1 N–H and O–H groups in total. The summed E-state index contributed by atoms with van der Waals surface area (Å²) in [5.74, 6) is 1.11. The lowest BCUT2D eigenvalue weighted by molar-refractivity contribution is 0.589. The third kappa shape index (κ3) is 3.82. The van der Waals surface area contributed by atoms with Gasteiger partial charge >= 0.3 is 0 Å². The van der Waals surface area contributed by atoms with Crippen molar-refractivity contribution in [2.45, 2.75) is 31.7 Å². The Kier molecular flexibility index (Phi) is 5.72. The minimum absolute atomic E-state index is 0.428. The topological polar surface area (TPSA) is 12.0 Å². The molecule has 1 rings (SSSR count). The van der Waals surface area contributed by atoms with Crippen molar-refractivity contribution in [2.24, 2.45) is 0 Å². The Bertz CT molecular complexity index is 314. The third-order valence-corrected chi connectivity index (χ3v) is 3.70. The molecule has 0 saturated heterocycles. The van der Waals surface area contributed by atoms with Crippen LogP contribution in [0.3, 0.4) is 0 Å². The second-order valence-electron chi connectivity index (χ2n) is 3.39. The van der Waals surface area contributed by atoms with Crippen LogP contribution in [0, 0.1) is 0 Å². The van der Waals surface area contributed by atoms with Gasteiger partial charge in [0.1, 0.15) is 0 Å². The molecule has 0 radical (unpaired) electrons. The molecule has 15 heavy (non-hydrogen) atoms. The first-order chi connectivity index (χ1) is 7.19. The largest absolute Gasteiger partial charge is 0.310 e. The molecule has 3 heteroatoms. The number of halogens is 1. The third-order valence-electron chi connectivity index (χ3n) is 2.25. The lowest BCUT2D eigenvalue weighted by atomic mass is 10.1. The highest BCUT2D eigenvalue weighted by molar-refractivity contribution is 9.10. The Morgan fingerprint density at radius 1 is 1.40 bits per heavy atom. The summed E-state index contributed by atoms with van der Waals surface area (Å²) in [5.41, 5.74) is 1.40. The highest BCUT2D eigenvalue weighted by atomic mass is 79.9. The smallest absolute Gasteiger partial charge is 0.0302 e. The quantitative estimate of drug-likeness (QED) is 0.814. The monoisotopic (exact) mass is 287 g/mol. The standard InChI is InChI=1S/C12H18BrNS/c1-4-14-9(3)11-7-6-10(13)8-12(11)15-5-2/h6-9,14H,4-5H2,1-3H3. The summed E-state index contributed by atoms with van der Waals surface area (Å²) in [6.45, 7) is 7.55. The van der Waals surface area contributed by atoms with Crippen LogP contribution in [-0.4, -0.2) is 12.3 Å². The van der Waals surface area contributed by atoms with Crippen LogP contribution < -0.4 is 5.32 Å². The van der Waals surface area contributed by atoms with E-state index >= 15 is 0 Å². The van der Waals surface area contributed by atoms with E-state index in [9.17, 15) is 0 Å². The molecule has 0 heterocycles. The van der Waals surface area contributed by atoms with Crippen molar-refractivity contribution in [3.8, 4) is 0 Å². The fourth-order valence-electron chi connectivity index (χ4n) is 1.56. The predicted molar refractivity (Wildman–Crippen MR) is 72.6 cm³/mol. The molecule has 1 aromatic rings. The zero-order chi connectivity index (χ0) is 11.3. The number of thioether (sulfide) groups is 1. The van der Waals surface area contributed by atoms with Crippen LogP contribution in [0.5, 0.6) is 0 Å². The van der Waals surface area contributed by atoms with E-state index in [0.717, 1.165) is 16.8 Å². The van der Waals surface area contributed by atoms with Gasteiger partial charge in [0.2, 0.25) is 0 Å². The van der Waals surface area contributed by atoms with E-state index in [2.05, 4.69) is 60.2 Å². The summed E-state index contributed by atoms with van der Waals surface area (Å²) in [6.07, 6.45) is 0. The molecule has 0 bridgehead atoms. The van der Waals surface area contributed by atoms with Gasteiger partial charge in [-0.15, -0.1) is 11.8 Å². The van der Waals surface area contributed by atoms with E-state index in [1.807, 2.05) is 11.8 Å². The zero-order valence-electron chi connectivity index (χ0n) is 9.51. The zero-order valence-corrected chi connectivity index (χ0v) is 11.9. The minimum Gasteiger partial charge on any atom is -0.310 e. The average molecular weight is 288 g/mol. The maximum atomic E-state index is 3.52. The molecule has 1 aromatic carbocycles. The molecular formula is C12H18BrNS. The van der Waals surface area contributed by atoms with Crippen molar-refractivity contribution in [3.63, 3.8) is 0 Å². The second kappa shape index (κ2) is 6.56. The van der Waals surface area contributed by atoms with Crippen molar-refractivity contribution >= 4 is 27.7 Å². The van der Waals surface area contributed by atoms with Gasteiger partial charge in [0.15, 0.2) is 0 Å². The van der Waals surface area contributed by atoms with Crippen molar-refractivity contribution in [1.82, 2.24) is 5.32 Å². The van der Waals surface area contributed by atoms with Gasteiger partial charge in [0, 0.05) is 15.4 Å². The van der Waals surface area contributed by atoms with E-state index in [1.54, 1.807) is 0 Å². The van der Waals surface area contributed by atoms with Gasteiger partial charge in [-0.2, -0.15) is 0 Å². The van der Waals surface area contributed by atoms with Crippen molar-refractivity contribution < 1.29 is 0 Å². The van der Waals surface area contributed by atoms with Crippen molar-refractivity contribution in [1.29, 1.82) is 0 Å². The number of benzene rings is 1. The fraction of sp³-hybridized carbons (Fsp3) is 0.500. The maximum absolute atomic E-state index is 3.52. The molecule has 0 amide bonds. The Morgan fingerprint density at radius 2 is 2.13 bits per heavy atom. The minimum atomic E-state index is 0.428. The molecular weight excluding hydrogens is 270 g/mol. The van der Waals surface area contributed by atoms with Crippen LogP contribution in [-0.2, 0) is 0 Å². The number of hydrogen-bond donors (Lipinski definition) is 1. The fourth-order valence-corrected chi connectivity index (χ4v) is 3.01. The van der Waals surface area contributed by atoms with E-state index in [-0.39, 0.29) is 0 Å².